The van der Waals surface area contributed by atoms with Gasteiger partial charge in [-0.3, -0.25) is 14.4 Å². The molecule has 0 radical (unpaired) electrons. The zero-order valence-corrected chi connectivity index (χ0v) is 24.7. The average Bonchev–Trinajstić information content (AvgIpc) is 2.90. The first-order chi connectivity index (χ1) is 19.4. The number of para-hydroxylation sites is 1. The van der Waals surface area contributed by atoms with E-state index in [4.69, 9.17) is 4.74 Å². The van der Waals surface area contributed by atoms with Gasteiger partial charge in [-0.15, -0.1) is 0 Å². The molecule has 4 unspecified atom stereocenters. The Morgan fingerprint density at radius 3 is 2.05 bits per heavy atom. The van der Waals surface area contributed by atoms with E-state index in [-0.39, 0.29) is 6.42 Å². The summed E-state index contributed by atoms with van der Waals surface area (Å²) in [5.74, 6) is -4.25. The third-order valence-corrected chi connectivity index (χ3v) is 7.87. The van der Waals surface area contributed by atoms with Crippen LogP contribution in [0.2, 0.25) is 0 Å². The molecule has 4 rings (SSSR count). The maximum atomic E-state index is 14.1. The number of nitrogens with one attached hydrogen (secondary N) is 2. The van der Waals surface area contributed by atoms with Crippen LogP contribution in [0.25, 0.3) is 0 Å². The van der Waals surface area contributed by atoms with Crippen molar-refractivity contribution < 1.29 is 24.2 Å². The zero-order valence-electron chi connectivity index (χ0n) is 24.7. The van der Waals surface area contributed by atoms with Gasteiger partial charge in [-0.2, -0.15) is 0 Å². The predicted molar refractivity (Wildman–Crippen MR) is 161 cm³/mol. The first kappa shape index (κ1) is 30.0. The minimum Gasteiger partial charge on any atom is -0.493 e. The number of carbonyl (C=O) groups is 3. The summed E-state index contributed by atoms with van der Waals surface area (Å²) in [6, 6.07) is 18.6. The standard InChI is InChI=1S/C34H40N2O5/c1-7-16-41-28-11-9-8-10-24(28)29-30(32(38)35-25-17-20(2)12-14-22(25)4)27(37)19-34(6,40)31(29)33(39)36-26-18-21(3)13-15-23(26)5/h8-15,17-18,29-31,40H,7,16,19H2,1-6H3,(H,35,38)(H,36,39). The molecular formula is C34H40N2O5. The largest absolute Gasteiger partial charge is 0.493 e. The molecule has 0 aromatic heterocycles. The van der Waals surface area contributed by atoms with Gasteiger partial charge < -0.3 is 20.5 Å². The molecule has 1 aliphatic carbocycles. The number of carbonyl (C=O) groups excluding carboxylic acids is 3. The van der Waals surface area contributed by atoms with Crippen LogP contribution in [0.15, 0.2) is 60.7 Å². The summed E-state index contributed by atoms with van der Waals surface area (Å²) in [6.45, 7) is 11.5. The lowest BCUT2D eigenvalue weighted by molar-refractivity contribution is -0.150. The number of anilines is 2. The topological polar surface area (TPSA) is 105 Å². The fourth-order valence-electron chi connectivity index (χ4n) is 5.73. The molecule has 0 heterocycles. The predicted octanol–water partition coefficient (Wildman–Crippen LogP) is 6.03. The molecule has 41 heavy (non-hydrogen) atoms. The summed E-state index contributed by atoms with van der Waals surface area (Å²) < 4.78 is 6.05. The van der Waals surface area contributed by atoms with Crippen molar-refractivity contribution in [3.63, 3.8) is 0 Å². The molecule has 0 spiro atoms. The van der Waals surface area contributed by atoms with Crippen LogP contribution in [-0.4, -0.2) is 34.9 Å². The van der Waals surface area contributed by atoms with E-state index >= 15 is 0 Å². The second kappa shape index (κ2) is 12.3. The highest BCUT2D eigenvalue weighted by molar-refractivity contribution is 6.11. The van der Waals surface area contributed by atoms with Gasteiger partial charge in [0, 0.05) is 23.7 Å². The molecule has 0 aliphatic heterocycles. The lowest BCUT2D eigenvalue weighted by atomic mass is 9.61. The van der Waals surface area contributed by atoms with Crippen molar-refractivity contribution in [2.24, 2.45) is 11.8 Å². The molecule has 7 nitrogen and oxygen atoms in total. The lowest BCUT2D eigenvalue weighted by Gasteiger charge is -2.44. The summed E-state index contributed by atoms with van der Waals surface area (Å²) >= 11 is 0. The molecule has 3 N–H and O–H groups in total. The Labute approximate surface area is 242 Å². The summed E-state index contributed by atoms with van der Waals surface area (Å²) in [4.78, 5) is 41.9. The van der Waals surface area contributed by atoms with E-state index in [0.29, 0.717) is 29.3 Å². The molecule has 1 aliphatic rings. The number of ketones is 1. The van der Waals surface area contributed by atoms with Crippen molar-refractivity contribution in [3.8, 4) is 5.75 Å². The maximum Gasteiger partial charge on any atom is 0.235 e. The number of Topliss-reactive ketones (excluding diaryl/α,β-unsaturated/α-hetero) is 1. The second-order valence-electron chi connectivity index (χ2n) is 11.5. The Bertz CT molecular complexity index is 1460. The molecule has 7 heteroatoms. The normalized spacial score (nSPS) is 22.2. The van der Waals surface area contributed by atoms with Crippen LogP contribution in [0.4, 0.5) is 11.4 Å². The van der Waals surface area contributed by atoms with Gasteiger partial charge >= 0.3 is 0 Å². The lowest BCUT2D eigenvalue weighted by Crippen LogP contribution is -2.56. The van der Waals surface area contributed by atoms with Crippen molar-refractivity contribution in [3.05, 3.63) is 88.5 Å². The third kappa shape index (κ3) is 6.51. The Kier molecular flexibility index (Phi) is 8.98. The van der Waals surface area contributed by atoms with E-state index in [1.54, 1.807) is 18.2 Å². The Balaban J connectivity index is 1.84. The van der Waals surface area contributed by atoms with Crippen LogP contribution < -0.4 is 15.4 Å². The van der Waals surface area contributed by atoms with Crippen LogP contribution >= 0.6 is 0 Å². The van der Waals surface area contributed by atoms with E-state index in [1.165, 1.54) is 6.92 Å². The average molecular weight is 557 g/mol. The number of amides is 2. The van der Waals surface area contributed by atoms with Crippen LogP contribution in [0.5, 0.6) is 5.75 Å². The van der Waals surface area contributed by atoms with Crippen LogP contribution in [0, 0.1) is 39.5 Å². The molecule has 3 aromatic rings. The molecule has 4 atom stereocenters. The number of aryl methyl sites for hydroxylation is 4. The van der Waals surface area contributed by atoms with Crippen LogP contribution in [0.3, 0.4) is 0 Å². The van der Waals surface area contributed by atoms with Crippen molar-refractivity contribution in [2.45, 2.75) is 65.9 Å². The van der Waals surface area contributed by atoms with E-state index in [0.717, 1.165) is 28.7 Å². The van der Waals surface area contributed by atoms with Gasteiger partial charge in [0.25, 0.3) is 0 Å². The summed E-state index contributed by atoms with van der Waals surface area (Å²) in [6.07, 6.45) is 0.417. The van der Waals surface area contributed by atoms with E-state index in [9.17, 15) is 19.5 Å². The highest BCUT2D eigenvalue weighted by Crippen LogP contribution is 2.49. The maximum absolute atomic E-state index is 14.1. The summed E-state index contributed by atoms with van der Waals surface area (Å²) in [5.41, 5.74) is 3.70. The van der Waals surface area contributed by atoms with Crippen LogP contribution in [-0.2, 0) is 14.4 Å². The van der Waals surface area contributed by atoms with E-state index in [2.05, 4.69) is 10.6 Å². The minimum absolute atomic E-state index is 0.336. The quantitative estimate of drug-likeness (QED) is 0.294. The van der Waals surface area contributed by atoms with Gasteiger partial charge in [-0.05, 0) is 87.1 Å². The Morgan fingerprint density at radius 1 is 0.902 bits per heavy atom. The molecular weight excluding hydrogens is 516 g/mol. The number of benzene rings is 3. The van der Waals surface area contributed by atoms with Gasteiger partial charge in [0.1, 0.15) is 17.5 Å². The fourth-order valence-corrected chi connectivity index (χ4v) is 5.73. The highest BCUT2D eigenvalue weighted by atomic mass is 16.5. The molecule has 0 saturated heterocycles. The van der Waals surface area contributed by atoms with Gasteiger partial charge in [0.2, 0.25) is 11.8 Å². The highest BCUT2D eigenvalue weighted by Gasteiger charge is 2.56. The Morgan fingerprint density at radius 2 is 1.46 bits per heavy atom. The summed E-state index contributed by atoms with van der Waals surface area (Å²) in [7, 11) is 0. The van der Waals surface area contributed by atoms with Crippen LogP contribution in [0.1, 0.15) is 60.4 Å². The molecule has 3 aromatic carbocycles. The van der Waals surface area contributed by atoms with Gasteiger partial charge in [0.05, 0.1) is 18.1 Å². The Hall–Kier alpha value is -3.97. The monoisotopic (exact) mass is 556 g/mol. The molecule has 1 fully saturated rings. The third-order valence-electron chi connectivity index (χ3n) is 7.87. The van der Waals surface area contributed by atoms with Crippen molar-refractivity contribution in [2.75, 3.05) is 17.2 Å². The van der Waals surface area contributed by atoms with Crippen molar-refractivity contribution >= 4 is 29.0 Å². The minimum atomic E-state index is -1.71. The molecule has 216 valence electrons. The number of aliphatic hydroxyl groups is 1. The first-order valence-corrected chi connectivity index (χ1v) is 14.2. The number of hydrogen-bond acceptors (Lipinski definition) is 5. The van der Waals surface area contributed by atoms with Gasteiger partial charge in [-0.25, -0.2) is 0 Å². The van der Waals surface area contributed by atoms with E-state index < -0.39 is 41.0 Å². The number of ether oxygens (including phenoxy) is 1. The SMILES string of the molecule is CCCOc1ccccc1C1C(C(=O)Nc2cc(C)ccc2C)C(=O)CC(C)(O)C1C(=O)Nc1cc(C)ccc1C. The van der Waals surface area contributed by atoms with E-state index in [1.807, 2.05) is 77.1 Å². The number of hydrogen-bond donors (Lipinski definition) is 3. The van der Waals surface area contributed by atoms with Gasteiger partial charge in [-0.1, -0.05) is 49.4 Å². The zero-order chi connectivity index (χ0) is 29.9. The first-order valence-electron chi connectivity index (χ1n) is 14.2. The summed E-state index contributed by atoms with van der Waals surface area (Å²) in [5, 5.41) is 17.6. The fraction of sp³-hybridized carbons (Fsp3) is 0.382. The van der Waals surface area contributed by atoms with Crippen molar-refractivity contribution in [1.82, 2.24) is 0 Å². The number of rotatable bonds is 8. The van der Waals surface area contributed by atoms with Gasteiger partial charge in [0.15, 0.2) is 0 Å². The molecule has 1 saturated carbocycles. The smallest absolute Gasteiger partial charge is 0.235 e. The van der Waals surface area contributed by atoms with Crippen molar-refractivity contribution in [1.29, 1.82) is 0 Å². The molecule has 2 amide bonds. The second-order valence-corrected chi connectivity index (χ2v) is 11.5. The molecule has 0 bridgehead atoms.